The largest absolute Gasteiger partial charge is 0.493 e. The average Bonchev–Trinajstić information content (AvgIpc) is 2.87. The van der Waals surface area contributed by atoms with Crippen LogP contribution in [0.5, 0.6) is 23.0 Å². The van der Waals surface area contributed by atoms with Crippen LogP contribution in [0.25, 0.3) is 0 Å². The molecule has 8 heteroatoms. The van der Waals surface area contributed by atoms with Gasteiger partial charge in [-0.15, -0.1) is 0 Å². The van der Waals surface area contributed by atoms with E-state index in [1.807, 2.05) is 30.3 Å². The molecule has 3 aromatic carbocycles. The topological polar surface area (TPSA) is 86.3 Å². The minimum Gasteiger partial charge on any atom is -0.493 e. The molecule has 4 rings (SSSR count). The summed E-state index contributed by atoms with van der Waals surface area (Å²) >= 11 is 0. The Hall–Kier alpha value is -4.20. The van der Waals surface area contributed by atoms with Gasteiger partial charge in [0.1, 0.15) is 5.75 Å². The molecule has 0 fully saturated rings. The van der Waals surface area contributed by atoms with Crippen molar-refractivity contribution in [1.82, 2.24) is 0 Å². The molecule has 1 aliphatic rings. The molecule has 0 unspecified atom stereocenters. The molecule has 34 heavy (non-hydrogen) atoms. The van der Waals surface area contributed by atoms with E-state index in [1.165, 1.54) is 21.3 Å². The van der Waals surface area contributed by atoms with E-state index >= 15 is 0 Å². The minimum absolute atomic E-state index is 0.0149. The third kappa shape index (κ3) is 4.76. The van der Waals surface area contributed by atoms with Crippen LogP contribution in [-0.4, -0.2) is 46.3 Å². The molecule has 0 radical (unpaired) electrons. The van der Waals surface area contributed by atoms with E-state index < -0.39 is 0 Å². The number of ether oxygens (including phenoxy) is 4. The first-order valence-corrected chi connectivity index (χ1v) is 10.8. The molecule has 0 bridgehead atoms. The Bertz CT molecular complexity index is 1170. The van der Waals surface area contributed by atoms with Crippen molar-refractivity contribution in [3.63, 3.8) is 0 Å². The second-order valence-corrected chi connectivity index (χ2v) is 7.62. The van der Waals surface area contributed by atoms with E-state index in [0.29, 0.717) is 52.9 Å². The smallest absolute Gasteiger partial charge is 0.265 e. The van der Waals surface area contributed by atoms with E-state index in [1.54, 1.807) is 35.2 Å². The molecule has 0 atom stereocenters. The van der Waals surface area contributed by atoms with Gasteiger partial charge in [-0.1, -0.05) is 30.3 Å². The quantitative estimate of drug-likeness (QED) is 0.546. The summed E-state index contributed by atoms with van der Waals surface area (Å²) in [4.78, 5) is 27.3. The predicted octanol–water partition coefficient (Wildman–Crippen LogP) is 3.93. The van der Waals surface area contributed by atoms with Crippen molar-refractivity contribution in [3.8, 4) is 23.0 Å². The van der Waals surface area contributed by atoms with Crippen LogP contribution in [0.1, 0.15) is 15.9 Å². The van der Waals surface area contributed by atoms with Crippen LogP contribution in [0, 0.1) is 0 Å². The Morgan fingerprint density at radius 1 is 0.971 bits per heavy atom. The van der Waals surface area contributed by atoms with E-state index in [4.69, 9.17) is 18.9 Å². The summed E-state index contributed by atoms with van der Waals surface area (Å²) in [6.07, 6.45) is 0.702. The second-order valence-electron chi connectivity index (χ2n) is 7.62. The number of nitrogens with zero attached hydrogens (tertiary/aromatic N) is 1. The van der Waals surface area contributed by atoms with E-state index in [0.717, 1.165) is 5.56 Å². The molecule has 2 amide bonds. The van der Waals surface area contributed by atoms with Gasteiger partial charge in [0.2, 0.25) is 5.75 Å². The molecule has 176 valence electrons. The summed E-state index contributed by atoms with van der Waals surface area (Å²) in [5.74, 6) is 1.26. The highest BCUT2D eigenvalue weighted by molar-refractivity contribution is 6.06. The highest BCUT2D eigenvalue weighted by Crippen LogP contribution is 2.39. The minimum atomic E-state index is -0.363. The number of hydrogen-bond donors (Lipinski definition) is 1. The number of nitrogens with one attached hydrogen (secondary N) is 1. The standard InChI is InChI=1S/C26H26N2O6/c1-31-22-13-18(14-23(32-2)25(22)33-3)26(30)27-19-9-10-21-20(15-19)28(24(29)16-34-21)12-11-17-7-5-4-6-8-17/h4-10,13-15H,11-12,16H2,1-3H3,(H,27,30). The Labute approximate surface area is 198 Å². The van der Waals surface area contributed by atoms with Crippen molar-refractivity contribution in [2.24, 2.45) is 0 Å². The first-order valence-electron chi connectivity index (χ1n) is 10.8. The fourth-order valence-corrected chi connectivity index (χ4v) is 3.83. The molecule has 0 spiro atoms. The summed E-state index contributed by atoms with van der Waals surface area (Å²) < 4.78 is 21.6. The van der Waals surface area contributed by atoms with Crippen molar-refractivity contribution in [1.29, 1.82) is 0 Å². The maximum absolute atomic E-state index is 13.0. The highest BCUT2D eigenvalue weighted by atomic mass is 16.5. The van der Waals surface area contributed by atoms with Crippen molar-refractivity contribution in [2.75, 3.05) is 44.7 Å². The number of hydrogen-bond acceptors (Lipinski definition) is 6. The van der Waals surface area contributed by atoms with Crippen LogP contribution in [0.15, 0.2) is 60.7 Å². The lowest BCUT2D eigenvalue weighted by molar-refractivity contribution is -0.121. The molecule has 0 aliphatic carbocycles. The zero-order valence-corrected chi connectivity index (χ0v) is 19.3. The summed E-state index contributed by atoms with van der Waals surface area (Å²) in [5, 5.41) is 2.87. The molecular weight excluding hydrogens is 436 g/mol. The Morgan fingerprint density at radius 3 is 2.32 bits per heavy atom. The summed E-state index contributed by atoms with van der Waals surface area (Å²) in [6, 6.07) is 18.3. The number of anilines is 2. The fraction of sp³-hybridized carbons (Fsp3) is 0.231. The summed E-state index contributed by atoms with van der Waals surface area (Å²) in [5.41, 5.74) is 2.62. The van der Waals surface area contributed by atoms with Gasteiger partial charge < -0.3 is 29.2 Å². The molecule has 3 aromatic rings. The third-order valence-electron chi connectivity index (χ3n) is 5.55. The van der Waals surface area contributed by atoms with Crippen LogP contribution in [-0.2, 0) is 11.2 Å². The van der Waals surface area contributed by atoms with Gasteiger partial charge in [0, 0.05) is 17.8 Å². The Kier molecular flexibility index (Phi) is 6.87. The van der Waals surface area contributed by atoms with Gasteiger partial charge in [0.05, 0.1) is 27.0 Å². The molecular formula is C26H26N2O6. The van der Waals surface area contributed by atoms with Crippen molar-refractivity contribution < 1.29 is 28.5 Å². The average molecular weight is 463 g/mol. The number of carbonyl (C=O) groups is 2. The van der Waals surface area contributed by atoms with Gasteiger partial charge >= 0.3 is 0 Å². The van der Waals surface area contributed by atoms with Gasteiger partial charge in [-0.05, 0) is 42.3 Å². The number of rotatable bonds is 8. The first kappa shape index (κ1) is 23.0. The molecule has 0 saturated carbocycles. The zero-order valence-electron chi connectivity index (χ0n) is 19.3. The number of amides is 2. The lowest BCUT2D eigenvalue weighted by Gasteiger charge is -2.30. The predicted molar refractivity (Wildman–Crippen MR) is 128 cm³/mol. The van der Waals surface area contributed by atoms with Crippen molar-refractivity contribution in [2.45, 2.75) is 6.42 Å². The second kappa shape index (κ2) is 10.2. The first-order chi connectivity index (χ1) is 16.5. The molecule has 1 aliphatic heterocycles. The number of fused-ring (bicyclic) bond motifs is 1. The van der Waals surface area contributed by atoms with Crippen LogP contribution < -0.4 is 29.2 Å². The van der Waals surface area contributed by atoms with Gasteiger partial charge in [-0.2, -0.15) is 0 Å². The normalized spacial score (nSPS) is 12.4. The Morgan fingerprint density at radius 2 is 1.68 bits per heavy atom. The van der Waals surface area contributed by atoms with Crippen molar-refractivity contribution in [3.05, 3.63) is 71.8 Å². The monoisotopic (exact) mass is 462 g/mol. The number of benzene rings is 3. The molecule has 8 nitrogen and oxygen atoms in total. The molecule has 0 aromatic heterocycles. The van der Waals surface area contributed by atoms with Gasteiger partial charge in [-0.3, -0.25) is 9.59 Å². The lowest BCUT2D eigenvalue weighted by Crippen LogP contribution is -2.40. The van der Waals surface area contributed by atoms with Gasteiger partial charge in [-0.25, -0.2) is 0 Å². The van der Waals surface area contributed by atoms with Crippen LogP contribution in [0.2, 0.25) is 0 Å². The number of carbonyl (C=O) groups excluding carboxylic acids is 2. The van der Waals surface area contributed by atoms with Crippen LogP contribution >= 0.6 is 0 Å². The maximum atomic E-state index is 13.0. The maximum Gasteiger partial charge on any atom is 0.265 e. The third-order valence-corrected chi connectivity index (χ3v) is 5.55. The molecule has 1 N–H and O–H groups in total. The summed E-state index contributed by atoms with van der Waals surface area (Å²) in [6.45, 7) is 0.489. The SMILES string of the molecule is COc1cc(C(=O)Nc2ccc3c(c2)N(CCc2ccccc2)C(=O)CO3)cc(OC)c1OC. The molecule has 0 saturated heterocycles. The van der Waals surface area contributed by atoms with Gasteiger partial charge in [0.15, 0.2) is 18.1 Å². The van der Waals surface area contributed by atoms with Gasteiger partial charge in [0.25, 0.3) is 11.8 Å². The Balaban J connectivity index is 1.57. The summed E-state index contributed by atoms with van der Waals surface area (Å²) in [7, 11) is 4.48. The van der Waals surface area contributed by atoms with E-state index in [2.05, 4.69) is 5.32 Å². The van der Waals surface area contributed by atoms with Crippen LogP contribution in [0.4, 0.5) is 11.4 Å². The fourth-order valence-electron chi connectivity index (χ4n) is 3.83. The van der Waals surface area contributed by atoms with E-state index in [-0.39, 0.29) is 18.4 Å². The number of methoxy groups -OCH3 is 3. The van der Waals surface area contributed by atoms with E-state index in [9.17, 15) is 9.59 Å². The molecule has 1 heterocycles. The van der Waals surface area contributed by atoms with Crippen molar-refractivity contribution >= 4 is 23.2 Å². The highest BCUT2D eigenvalue weighted by Gasteiger charge is 2.26. The lowest BCUT2D eigenvalue weighted by atomic mass is 10.1. The zero-order chi connectivity index (χ0) is 24.1. The van der Waals surface area contributed by atoms with Crippen LogP contribution in [0.3, 0.4) is 0 Å².